The van der Waals surface area contributed by atoms with Crippen LogP contribution in [0.25, 0.3) is 22.6 Å². The maximum atomic E-state index is 13.4. The maximum absolute atomic E-state index is 13.4. The Bertz CT molecular complexity index is 1550. The van der Waals surface area contributed by atoms with Gasteiger partial charge >= 0.3 is 5.69 Å². The van der Waals surface area contributed by atoms with Crippen LogP contribution in [0.2, 0.25) is 0 Å². The normalized spacial score (nSPS) is 11.5. The highest BCUT2D eigenvalue weighted by Crippen LogP contribution is 2.24. The molecule has 5 aromatic rings. The first-order valence-corrected chi connectivity index (χ1v) is 10.1. The van der Waals surface area contributed by atoms with Gasteiger partial charge in [0.15, 0.2) is 11.2 Å². The molecule has 0 aliphatic heterocycles. The van der Waals surface area contributed by atoms with Crippen molar-refractivity contribution >= 4 is 22.6 Å². The summed E-state index contributed by atoms with van der Waals surface area (Å²) in [6.45, 7) is 2.23. The van der Waals surface area contributed by atoms with Gasteiger partial charge in [0.05, 0.1) is 11.4 Å². The molecule has 0 saturated carbocycles. The van der Waals surface area contributed by atoms with Crippen molar-refractivity contribution in [1.82, 2.24) is 23.1 Å². The topological polar surface area (TPSA) is 92.2 Å². The van der Waals surface area contributed by atoms with Gasteiger partial charge in [0.2, 0.25) is 5.78 Å². The second kappa shape index (κ2) is 7.02. The molecule has 0 radical (unpaired) electrons. The third-order valence-corrected chi connectivity index (χ3v) is 5.67. The summed E-state index contributed by atoms with van der Waals surface area (Å²) in [6.07, 6.45) is 2.44. The molecule has 0 aliphatic carbocycles. The summed E-state index contributed by atoms with van der Waals surface area (Å²) in [5, 5.41) is 0. The largest absolute Gasteiger partial charge is 0.397 e. The van der Waals surface area contributed by atoms with Gasteiger partial charge in [-0.2, -0.15) is 4.98 Å². The number of hydrogen-bond donors (Lipinski definition) is 1. The quantitative estimate of drug-likeness (QED) is 0.457. The highest BCUT2D eigenvalue weighted by molar-refractivity contribution is 5.77. The zero-order valence-electron chi connectivity index (χ0n) is 17.3. The van der Waals surface area contributed by atoms with Crippen LogP contribution in [0.3, 0.4) is 0 Å². The van der Waals surface area contributed by atoms with E-state index in [1.165, 1.54) is 9.13 Å². The van der Waals surface area contributed by atoms with Gasteiger partial charge in [-0.3, -0.25) is 22.9 Å². The fourth-order valence-corrected chi connectivity index (χ4v) is 4.08. The summed E-state index contributed by atoms with van der Waals surface area (Å²) in [5.41, 5.74) is 9.52. The van der Waals surface area contributed by atoms with Crippen molar-refractivity contribution < 1.29 is 0 Å². The number of aryl methyl sites for hydroxylation is 3. The Morgan fingerprint density at radius 2 is 1.71 bits per heavy atom. The molecule has 2 aromatic carbocycles. The molecule has 0 aliphatic rings. The van der Waals surface area contributed by atoms with Gasteiger partial charge < -0.3 is 5.73 Å². The molecule has 3 aromatic heterocycles. The zero-order valence-corrected chi connectivity index (χ0v) is 17.3. The first-order chi connectivity index (χ1) is 15.0. The number of benzene rings is 2. The third kappa shape index (κ3) is 2.87. The van der Waals surface area contributed by atoms with E-state index in [9.17, 15) is 9.59 Å². The molecular formula is C23H22N6O2. The number of nitrogens with two attached hydrogens (primary N) is 1. The summed E-state index contributed by atoms with van der Waals surface area (Å²) in [5.74, 6) is 0.540. The van der Waals surface area contributed by atoms with Crippen LogP contribution in [0.4, 0.5) is 5.69 Å². The highest BCUT2D eigenvalue weighted by Gasteiger charge is 2.21. The molecule has 0 bridgehead atoms. The molecule has 0 spiro atoms. The van der Waals surface area contributed by atoms with E-state index < -0.39 is 0 Å². The van der Waals surface area contributed by atoms with E-state index in [4.69, 9.17) is 5.73 Å². The lowest BCUT2D eigenvalue weighted by atomic mass is 10.1. The Balaban J connectivity index is 1.74. The second-order valence-corrected chi connectivity index (χ2v) is 7.65. The van der Waals surface area contributed by atoms with Crippen molar-refractivity contribution in [3.8, 4) is 5.69 Å². The molecule has 0 unspecified atom stereocenters. The molecule has 8 nitrogen and oxygen atoms in total. The minimum atomic E-state index is -0.378. The molecule has 156 valence electrons. The lowest BCUT2D eigenvalue weighted by Gasteiger charge is -2.09. The first kappa shape index (κ1) is 18.9. The maximum Gasteiger partial charge on any atom is 0.332 e. The Morgan fingerprint density at radius 3 is 2.45 bits per heavy atom. The molecule has 0 fully saturated rings. The van der Waals surface area contributed by atoms with E-state index in [1.807, 2.05) is 72.3 Å². The number of nitrogens with zero attached hydrogens (tertiary/aromatic N) is 5. The van der Waals surface area contributed by atoms with E-state index >= 15 is 0 Å². The number of imidazole rings is 2. The number of fused-ring (bicyclic) bond motifs is 3. The predicted molar refractivity (Wildman–Crippen MR) is 121 cm³/mol. The van der Waals surface area contributed by atoms with E-state index in [0.29, 0.717) is 35.6 Å². The Labute approximate surface area is 177 Å². The van der Waals surface area contributed by atoms with Crippen LogP contribution in [0.1, 0.15) is 11.3 Å². The van der Waals surface area contributed by atoms with Gasteiger partial charge in [-0.25, -0.2) is 4.79 Å². The van der Waals surface area contributed by atoms with E-state index in [0.717, 1.165) is 16.9 Å². The number of para-hydroxylation sites is 2. The van der Waals surface area contributed by atoms with E-state index in [1.54, 1.807) is 11.4 Å². The van der Waals surface area contributed by atoms with Gasteiger partial charge in [0.1, 0.15) is 0 Å². The van der Waals surface area contributed by atoms with Gasteiger partial charge in [-0.1, -0.05) is 42.5 Å². The van der Waals surface area contributed by atoms with Crippen molar-refractivity contribution in [2.45, 2.75) is 19.9 Å². The number of rotatable bonds is 4. The van der Waals surface area contributed by atoms with Crippen LogP contribution < -0.4 is 17.0 Å². The predicted octanol–water partition coefficient (Wildman–Crippen LogP) is 2.27. The fraction of sp³-hybridized carbons (Fsp3) is 0.174. The van der Waals surface area contributed by atoms with Gasteiger partial charge in [0, 0.05) is 25.5 Å². The Morgan fingerprint density at radius 1 is 1.00 bits per heavy atom. The van der Waals surface area contributed by atoms with Crippen LogP contribution in [-0.4, -0.2) is 23.1 Å². The van der Waals surface area contributed by atoms with Crippen LogP contribution in [0.5, 0.6) is 0 Å². The van der Waals surface area contributed by atoms with Crippen molar-refractivity contribution in [3.63, 3.8) is 0 Å². The smallest absolute Gasteiger partial charge is 0.332 e. The minimum Gasteiger partial charge on any atom is -0.397 e. The average molecular weight is 414 g/mol. The molecule has 0 amide bonds. The number of aromatic nitrogens is 5. The van der Waals surface area contributed by atoms with Gasteiger partial charge in [-0.15, -0.1) is 0 Å². The second-order valence-electron chi connectivity index (χ2n) is 7.65. The SMILES string of the molecule is Cc1cn2c3c(=O)n(CCc4ccccc4)c(=O)n(C)c3nc2n1-c1ccccc1N. The van der Waals surface area contributed by atoms with Crippen molar-refractivity contribution in [2.24, 2.45) is 7.05 Å². The minimum absolute atomic E-state index is 0.296. The van der Waals surface area contributed by atoms with Crippen LogP contribution >= 0.6 is 0 Å². The standard InChI is InChI=1S/C23H22N6O2/c1-15-14-28-19-20(25-22(28)29(15)18-11-7-6-10-17(18)24)26(2)23(31)27(21(19)30)13-12-16-8-4-3-5-9-16/h3-11,14H,12-13,24H2,1-2H3. The molecule has 3 heterocycles. The summed E-state index contributed by atoms with van der Waals surface area (Å²) < 4.78 is 6.36. The summed E-state index contributed by atoms with van der Waals surface area (Å²) in [6, 6.07) is 17.3. The monoisotopic (exact) mass is 414 g/mol. The van der Waals surface area contributed by atoms with Crippen molar-refractivity contribution in [1.29, 1.82) is 0 Å². The van der Waals surface area contributed by atoms with Crippen molar-refractivity contribution in [3.05, 3.63) is 92.9 Å². The Hall–Kier alpha value is -4.07. The molecule has 31 heavy (non-hydrogen) atoms. The third-order valence-electron chi connectivity index (χ3n) is 5.67. The number of hydrogen-bond acceptors (Lipinski definition) is 4. The molecule has 8 heteroatoms. The van der Waals surface area contributed by atoms with Crippen LogP contribution in [0, 0.1) is 6.92 Å². The molecule has 0 atom stereocenters. The summed E-state index contributed by atoms with van der Waals surface area (Å²) >= 11 is 0. The summed E-state index contributed by atoms with van der Waals surface area (Å²) in [7, 11) is 1.64. The van der Waals surface area contributed by atoms with Gasteiger partial charge in [-0.05, 0) is 31.0 Å². The zero-order chi connectivity index (χ0) is 21.7. The highest BCUT2D eigenvalue weighted by atomic mass is 16.2. The number of anilines is 1. The fourth-order valence-electron chi connectivity index (χ4n) is 4.08. The van der Waals surface area contributed by atoms with E-state index in [-0.39, 0.29) is 11.2 Å². The molecule has 0 saturated heterocycles. The van der Waals surface area contributed by atoms with Crippen molar-refractivity contribution in [2.75, 3.05) is 5.73 Å². The van der Waals surface area contributed by atoms with Gasteiger partial charge in [0.25, 0.3) is 5.56 Å². The van der Waals surface area contributed by atoms with Crippen LogP contribution in [-0.2, 0) is 20.0 Å². The molecule has 2 N–H and O–H groups in total. The lowest BCUT2D eigenvalue weighted by molar-refractivity contribution is 0.602. The molecule has 5 rings (SSSR count). The molecular weight excluding hydrogens is 392 g/mol. The lowest BCUT2D eigenvalue weighted by Crippen LogP contribution is -2.39. The van der Waals surface area contributed by atoms with E-state index in [2.05, 4.69) is 4.98 Å². The summed E-state index contributed by atoms with van der Waals surface area (Å²) in [4.78, 5) is 31.0. The Kier molecular flexibility index (Phi) is 4.28. The number of nitrogen functional groups attached to an aromatic ring is 1. The van der Waals surface area contributed by atoms with Crippen LogP contribution in [0.15, 0.2) is 70.4 Å². The first-order valence-electron chi connectivity index (χ1n) is 10.1. The average Bonchev–Trinajstić information content (AvgIpc) is 3.28.